The Morgan fingerprint density at radius 3 is 2.79 bits per heavy atom. The molecule has 4 nitrogen and oxygen atoms in total. The third-order valence-corrected chi connectivity index (χ3v) is 4.26. The standard InChI is InChI=1S/C14H22N2O2S/c1-14(2,3)12-11(19-8-15-12)13(18)16-10(6-7-17)9-4-5-9/h8-10,17H,4-7H2,1-3H3,(H,16,18). The average molecular weight is 282 g/mol. The maximum Gasteiger partial charge on any atom is 0.263 e. The minimum atomic E-state index is -0.126. The van der Waals surface area contributed by atoms with Crippen LogP contribution in [0, 0.1) is 5.92 Å². The van der Waals surface area contributed by atoms with Crippen molar-refractivity contribution in [2.75, 3.05) is 6.61 Å². The number of rotatable bonds is 5. The fraction of sp³-hybridized carbons (Fsp3) is 0.714. The van der Waals surface area contributed by atoms with E-state index in [4.69, 9.17) is 5.11 Å². The molecule has 1 heterocycles. The van der Waals surface area contributed by atoms with Crippen LogP contribution in [-0.4, -0.2) is 28.6 Å². The van der Waals surface area contributed by atoms with Crippen LogP contribution in [0.15, 0.2) is 5.51 Å². The molecule has 2 rings (SSSR count). The van der Waals surface area contributed by atoms with Crippen LogP contribution < -0.4 is 5.32 Å². The number of carbonyl (C=O) groups is 1. The number of aliphatic hydroxyl groups excluding tert-OH is 1. The second-order valence-electron chi connectivity index (χ2n) is 6.21. The molecule has 1 saturated carbocycles. The van der Waals surface area contributed by atoms with Crippen molar-refractivity contribution in [3.8, 4) is 0 Å². The summed E-state index contributed by atoms with van der Waals surface area (Å²) in [6, 6.07) is 0.104. The number of amides is 1. The molecule has 0 bridgehead atoms. The molecule has 1 atom stereocenters. The summed E-state index contributed by atoms with van der Waals surface area (Å²) in [7, 11) is 0. The first-order valence-electron chi connectivity index (χ1n) is 6.79. The molecular formula is C14H22N2O2S. The number of carbonyl (C=O) groups excluding carboxylic acids is 1. The molecule has 1 aliphatic carbocycles. The molecule has 5 heteroatoms. The zero-order chi connectivity index (χ0) is 14.0. The number of aliphatic hydroxyl groups is 1. The number of aromatic nitrogens is 1. The van der Waals surface area contributed by atoms with Crippen LogP contribution in [0.1, 0.15) is 55.4 Å². The molecule has 106 valence electrons. The molecule has 0 aromatic carbocycles. The molecule has 1 aliphatic rings. The van der Waals surface area contributed by atoms with Gasteiger partial charge in [-0.2, -0.15) is 0 Å². The van der Waals surface area contributed by atoms with Crippen LogP contribution in [0.25, 0.3) is 0 Å². The summed E-state index contributed by atoms with van der Waals surface area (Å²) < 4.78 is 0. The summed E-state index contributed by atoms with van der Waals surface area (Å²) in [5.41, 5.74) is 2.46. The van der Waals surface area contributed by atoms with Gasteiger partial charge in [-0.25, -0.2) is 4.98 Å². The van der Waals surface area contributed by atoms with Gasteiger partial charge in [0, 0.05) is 18.1 Å². The summed E-state index contributed by atoms with van der Waals surface area (Å²) in [5.74, 6) is 0.500. The summed E-state index contributed by atoms with van der Waals surface area (Å²) in [6.45, 7) is 6.30. The molecule has 1 unspecified atom stereocenters. The van der Waals surface area contributed by atoms with Gasteiger partial charge < -0.3 is 10.4 Å². The largest absolute Gasteiger partial charge is 0.396 e. The third kappa shape index (κ3) is 3.54. The molecule has 0 spiro atoms. The monoisotopic (exact) mass is 282 g/mol. The number of hydrogen-bond donors (Lipinski definition) is 2. The van der Waals surface area contributed by atoms with E-state index in [1.54, 1.807) is 5.51 Å². The van der Waals surface area contributed by atoms with Gasteiger partial charge in [0.2, 0.25) is 0 Å². The van der Waals surface area contributed by atoms with Crippen molar-refractivity contribution in [1.82, 2.24) is 10.3 Å². The van der Waals surface area contributed by atoms with E-state index in [0.717, 1.165) is 18.5 Å². The maximum atomic E-state index is 12.4. The van der Waals surface area contributed by atoms with Crippen molar-refractivity contribution in [2.45, 2.75) is 51.5 Å². The lowest BCUT2D eigenvalue weighted by molar-refractivity contribution is 0.0926. The van der Waals surface area contributed by atoms with Crippen molar-refractivity contribution in [3.05, 3.63) is 16.1 Å². The van der Waals surface area contributed by atoms with Gasteiger partial charge in [0.1, 0.15) is 4.88 Å². The SMILES string of the molecule is CC(C)(C)c1ncsc1C(=O)NC(CCO)C1CC1. The summed E-state index contributed by atoms with van der Waals surface area (Å²) in [4.78, 5) is 17.4. The van der Waals surface area contributed by atoms with Crippen LogP contribution >= 0.6 is 11.3 Å². The lowest BCUT2D eigenvalue weighted by Gasteiger charge is -2.20. The fourth-order valence-corrected chi connectivity index (χ4v) is 3.14. The Morgan fingerprint density at radius 2 is 2.26 bits per heavy atom. The summed E-state index contributed by atoms with van der Waals surface area (Å²) in [5, 5.41) is 12.1. The lowest BCUT2D eigenvalue weighted by Crippen LogP contribution is -2.37. The van der Waals surface area contributed by atoms with Crippen LogP contribution in [-0.2, 0) is 5.41 Å². The van der Waals surface area contributed by atoms with Gasteiger partial charge in [0.05, 0.1) is 11.2 Å². The van der Waals surface area contributed by atoms with Crippen molar-refractivity contribution < 1.29 is 9.90 Å². The van der Waals surface area contributed by atoms with E-state index >= 15 is 0 Å². The Morgan fingerprint density at radius 1 is 1.58 bits per heavy atom. The number of hydrogen-bond acceptors (Lipinski definition) is 4. The first-order valence-corrected chi connectivity index (χ1v) is 7.67. The Balaban J connectivity index is 2.09. The molecule has 1 amide bonds. The second-order valence-corrected chi connectivity index (χ2v) is 7.06. The molecule has 0 saturated heterocycles. The third-order valence-electron chi connectivity index (χ3n) is 3.43. The maximum absolute atomic E-state index is 12.4. The van der Waals surface area contributed by atoms with Gasteiger partial charge in [-0.3, -0.25) is 4.79 Å². The van der Waals surface area contributed by atoms with Crippen LogP contribution in [0.4, 0.5) is 0 Å². The van der Waals surface area contributed by atoms with E-state index in [1.807, 2.05) is 0 Å². The number of thiazole rings is 1. The molecule has 1 aromatic heterocycles. The normalized spacial score (nSPS) is 17.3. The smallest absolute Gasteiger partial charge is 0.263 e. The van der Waals surface area contributed by atoms with Gasteiger partial charge in [-0.05, 0) is 25.2 Å². The lowest BCUT2D eigenvalue weighted by atomic mass is 9.91. The predicted molar refractivity (Wildman–Crippen MR) is 76.5 cm³/mol. The van der Waals surface area contributed by atoms with Gasteiger partial charge in [0.15, 0.2) is 0 Å². The highest BCUT2D eigenvalue weighted by atomic mass is 32.1. The van der Waals surface area contributed by atoms with Gasteiger partial charge in [-0.1, -0.05) is 20.8 Å². The Bertz CT molecular complexity index is 447. The minimum absolute atomic E-state index is 0.0437. The number of nitrogens with zero attached hydrogens (tertiary/aromatic N) is 1. The van der Waals surface area contributed by atoms with Gasteiger partial charge in [-0.15, -0.1) is 11.3 Å². The van der Waals surface area contributed by atoms with Crippen LogP contribution in [0.5, 0.6) is 0 Å². The first-order chi connectivity index (χ1) is 8.93. The molecular weight excluding hydrogens is 260 g/mol. The van der Waals surface area contributed by atoms with Crippen molar-refractivity contribution >= 4 is 17.2 Å². The zero-order valence-corrected chi connectivity index (χ0v) is 12.6. The van der Waals surface area contributed by atoms with E-state index in [1.165, 1.54) is 11.3 Å². The van der Waals surface area contributed by atoms with Crippen molar-refractivity contribution in [2.24, 2.45) is 5.92 Å². The number of nitrogens with one attached hydrogen (secondary N) is 1. The van der Waals surface area contributed by atoms with Crippen molar-refractivity contribution in [3.63, 3.8) is 0 Å². The quantitative estimate of drug-likeness (QED) is 0.871. The van der Waals surface area contributed by atoms with Gasteiger partial charge in [0.25, 0.3) is 5.91 Å². The molecule has 2 N–H and O–H groups in total. The Hall–Kier alpha value is -0.940. The summed E-state index contributed by atoms with van der Waals surface area (Å²) >= 11 is 1.39. The van der Waals surface area contributed by atoms with E-state index < -0.39 is 0 Å². The van der Waals surface area contributed by atoms with E-state index in [-0.39, 0.29) is 24.0 Å². The predicted octanol–water partition coefficient (Wildman–Crippen LogP) is 2.33. The highest BCUT2D eigenvalue weighted by Gasteiger charge is 2.33. The molecule has 0 radical (unpaired) electrons. The van der Waals surface area contributed by atoms with Crippen molar-refractivity contribution in [1.29, 1.82) is 0 Å². The van der Waals surface area contributed by atoms with E-state index in [0.29, 0.717) is 17.2 Å². The van der Waals surface area contributed by atoms with E-state index in [9.17, 15) is 4.79 Å². The molecule has 19 heavy (non-hydrogen) atoms. The summed E-state index contributed by atoms with van der Waals surface area (Å²) in [6.07, 6.45) is 2.94. The highest BCUT2D eigenvalue weighted by Crippen LogP contribution is 2.34. The molecule has 1 fully saturated rings. The fourth-order valence-electron chi connectivity index (χ4n) is 2.24. The molecule has 0 aliphatic heterocycles. The van der Waals surface area contributed by atoms with Crippen LogP contribution in [0.2, 0.25) is 0 Å². The highest BCUT2D eigenvalue weighted by molar-refractivity contribution is 7.11. The van der Waals surface area contributed by atoms with Gasteiger partial charge >= 0.3 is 0 Å². The second kappa shape index (κ2) is 5.59. The first kappa shape index (κ1) is 14.5. The Kier molecular flexibility index (Phi) is 4.26. The van der Waals surface area contributed by atoms with Crippen LogP contribution in [0.3, 0.4) is 0 Å². The Labute approximate surface area is 118 Å². The topological polar surface area (TPSA) is 62.2 Å². The molecule has 1 aromatic rings. The minimum Gasteiger partial charge on any atom is -0.396 e. The van der Waals surface area contributed by atoms with E-state index in [2.05, 4.69) is 31.1 Å². The zero-order valence-electron chi connectivity index (χ0n) is 11.8. The average Bonchev–Trinajstić information content (AvgIpc) is 3.03.